The van der Waals surface area contributed by atoms with Crippen molar-refractivity contribution in [1.82, 2.24) is 5.32 Å². The second kappa shape index (κ2) is 5.49. The summed E-state index contributed by atoms with van der Waals surface area (Å²) in [5, 5.41) is 3.07. The molecule has 0 aliphatic rings. The Labute approximate surface area is 68.0 Å². The summed E-state index contributed by atoms with van der Waals surface area (Å²) in [6.07, 6.45) is 0.919. The molecule has 0 unspecified atom stereocenters. The molecule has 0 rings (SSSR count). The van der Waals surface area contributed by atoms with Gasteiger partial charge >= 0.3 is 0 Å². The van der Waals surface area contributed by atoms with E-state index in [1.807, 2.05) is 6.92 Å². The summed E-state index contributed by atoms with van der Waals surface area (Å²) in [5.41, 5.74) is 5.32. The van der Waals surface area contributed by atoms with Crippen LogP contribution in [0.4, 0.5) is 0 Å². The van der Waals surface area contributed by atoms with E-state index < -0.39 is 5.91 Å². The van der Waals surface area contributed by atoms with E-state index in [9.17, 15) is 0 Å². The lowest BCUT2D eigenvalue weighted by molar-refractivity contribution is -0.214. The van der Waals surface area contributed by atoms with Crippen molar-refractivity contribution >= 4 is 0 Å². The summed E-state index contributed by atoms with van der Waals surface area (Å²) in [6, 6.07) is 0. The Kier molecular flexibility index (Phi) is 5.41. The lowest BCUT2D eigenvalue weighted by Crippen LogP contribution is -2.46. The van der Waals surface area contributed by atoms with Gasteiger partial charge in [0.05, 0.1) is 0 Å². The van der Waals surface area contributed by atoms with Crippen LogP contribution in [-0.2, 0) is 9.47 Å². The highest BCUT2D eigenvalue weighted by Crippen LogP contribution is 2.03. The third-order valence-electron chi connectivity index (χ3n) is 1.61. The average Bonchev–Trinajstić information content (AvgIpc) is 2.05. The van der Waals surface area contributed by atoms with E-state index in [4.69, 9.17) is 15.2 Å². The zero-order valence-corrected chi connectivity index (χ0v) is 7.52. The number of ether oxygens (including phenoxy) is 2. The average molecular weight is 162 g/mol. The number of methoxy groups -OCH3 is 2. The Morgan fingerprint density at radius 2 is 1.91 bits per heavy atom. The molecule has 0 fully saturated rings. The summed E-state index contributed by atoms with van der Waals surface area (Å²) >= 11 is 0. The Bertz CT molecular complexity index is 94.4. The smallest absolute Gasteiger partial charge is 0.223 e. The fourth-order valence-electron chi connectivity index (χ4n) is 0.645. The summed E-state index contributed by atoms with van der Waals surface area (Å²) < 4.78 is 10.1. The van der Waals surface area contributed by atoms with Crippen LogP contribution in [0.5, 0.6) is 0 Å². The molecule has 0 heterocycles. The largest absolute Gasteiger partial charge is 0.341 e. The summed E-state index contributed by atoms with van der Waals surface area (Å²) in [5.74, 6) is -0.671. The van der Waals surface area contributed by atoms with Gasteiger partial charge in [0.25, 0.3) is 0 Å². The number of hydrogen-bond acceptors (Lipinski definition) is 4. The van der Waals surface area contributed by atoms with E-state index in [2.05, 4.69) is 5.32 Å². The van der Waals surface area contributed by atoms with Crippen molar-refractivity contribution in [2.75, 3.05) is 27.3 Å². The van der Waals surface area contributed by atoms with E-state index in [1.54, 1.807) is 14.2 Å². The molecule has 0 saturated heterocycles. The minimum absolute atomic E-state index is 0.671. The number of rotatable bonds is 6. The molecule has 0 aromatic rings. The van der Waals surface area contributed by atoms with Crippen LogP contribution >= 0.6 is 0 Å². The zero-order valence-electron chi connectivity index (χ0n) is 7.52. The van der Waals surface area contributed by atoms with Crippen LogP contribution in [0, 0.1) is 0 Å². The van der Waals surface area contributed by atoms with Crippen molar-refractivity contribution in [3.8, 4) is 0 Å². The van der Waals surface area contributed by atoms with Gasteiger partial charge in [0.2, 0.25) is 5.91 Å². The molecule has 68 valence electrons. The first-order valence-corrected chi connectivity index (χ1v) is 3.74. The normalized spacial score (nSPS) is 12.0. The zero-order chi connectivity index (χ0) is 8.74. The molecule has 3 N–H and O–H groups in total. The molecular formula is C7H18N2O2. The molecule has 0 saturated carbocycles. The Hall–Kier alpha value is -0.160. The van der Waals surface area contributed by atoms with E-state index >= 15 is 0 Å². The molecule has 0 amide bonds. The van der Waals surface area contributed by atoms with Crippen molar-refractivity contribution in [3.05, 3.63) is 0 Å². The van der Waals surface area contributed by atoms with Crippen molar-refractivity contribution in [2.24, 2.45) is 5.73 Å². The maximum absolute atomic E-state index is 5.32. The molecule has 0 aliphatic heterocycles. The van der Waals surface area contributed by atoms with Crippen LogP contribution in [0.1, 0.15) is 13.3 Å². The Balaban J connectivity index is 3.51. The van der Waals surface area contributed by atoms with Gasteiger partial charge in [-0.3, -0.25) is 5.32 Å². The highest BCUT2D eigenvalue weighted by atomic mass is 16.7. The summed E-state index contributed by atoms with van der Waals surface area (Å²) in [7, 11) is 3.19. The molecule has 4 nitrogen and oxygen atoms in total. The van der Waals surface area contributed by atoms with Gasteiger partial charge in [-0.15, -0.1) is 0 Å². The van der Waals surface area contributed by atoms with E-state index in [0.29, 0.717) is 6.54 Å². The SMILES string of the molecule is COC(C)(NCCCN)OC. The van der Waals surface area contributed by atoms with Gasteiger partial charge in [0.15, 0.2) is 0 Å². The molecule has 4 heteroatoms. The molecule has 0 spiro atoms. The second-order valence-corrected chi connectivity index (χ2v) is 2.42. The minimum Gasteiger partial charge on any atom is -0.341 e. The van der Waals surface area contributed by atoms with Gasteiger partial charge in [0.1, 0.15) is 0 Å². The molecule has 0 atom stereocenters. The topological polar surface area (TPSA) is 56.5 Å². The second-order valence-electron chi connectivity index (χ2n) is 2.42. The highest BCUT2D eigenvalue weighted by Gasteiger charge is 2.20. The number of hydrogen-bond donors (Lipinski definition) is 2. The van der Waals surface area contributed by atoms with Crippen LogP contribution in [-0.4, -0.2) is 33.2 Å². The molecular weight excluding hydrogens is 144 g/mol. The van der Waals surface area contributed by atoms with Gasteiger partial charge in [-0.1, -0.05) is 0 Å². The predicted octanol–water partition coefficient (Wildman–Crippen LogP) is -0.109. The fourth-order valence-corrected chi connectivity index (χ4v) is 0.645. The number of nitrogens with one attached hydrogen (secondary N) is 1. The molecule has 11 heavy (non-hydrogen) atoms. The first-order chi connectivity index (χ1) is 5.18. The lowest BCUT2D eigenvalue weighted by atomic mass is 10.4. The Morgan fingerprint density at radius 3 is 2.27 bits per heavy atom. The van der Waals surface area contributed by atoms with E-state index in [0.717, 1.165) is 13.0 Å². The fraction of sp³-hybridized carbons (Fsp3) is 1.00. The minimum atomic E-state index is -0.671. The van der Waals surface area contributed by atoms with Crippen molar-refractivity contribution < 1.29 is 9.47 Å². The third-order valence-corrected chi connectivity index (χ3v) is 1.61. The van der Waals surface area contributed by atoms with Crippen molar-refractivity contribution in [3.63, 3.8) is 0 Å². The summed E-state index contributed by atoms with van der Waals surface area (Å²) in [4.78, 5) is 0. The van der Waals surface area contributed by atoms with Gasteiger partial charge < -0.3 is 15.2 Å². The van der Waals surface area contributed by atoms with Crippen LogP contribution < -0.4 is 11.1 Å². The van der Waals surface area contributed by atoms with Gasteiger partial charge in [0, 0.05) is 27.7 Å². The maximum atomic E-state index is 5.32. The predicted molar refractivity (Wildman–Crippen MR) is 44.1 cm³/mol. The van der Waals surface area contributed by atoms with E-state index in [1.165, 1.54) is 0 Å². The summed E-state index contributed by atoms with van der Waals surface area (Å²) in [6.45, 7) is 3.30. The molecule has 0 aromatic carbocycles. The lowest BCUT2D eigenvalue weighted by Gasteiger charge is -2.27. The first-order valence-electron chi connectivity index (χ1n) is 3.74. The quantitative estimate of drug-likeness (QED) is 0.423. The maximum Gasteiger partial charge on any atom is 0.223 e. The molecule has 0 aromatic heterocycles. The standard InChI is InChI=1S/C7H18N2O2/c1-7(10-2,11-3)9-6-4-5-8/h9H,4-6,8H2,1-3H3. The van der Waals surface area contributed by atoms with Crippen LogP contribution in [0.15, 0.2) is 0 Å². The van der Waals surface area contributed by atoms with Crippen LogP contribution in [0.25, 0.3) is 0 Å². The van der Waals surface area contributed by atoms with E-state index in [-0.39, 0.29) is 0 Å². The molecule has 0 radical (unpaired) electrons. The van der Waals surface area contributed by atoms with Crippen LogP contribution in [0.3, 0.4) is 0 Å². The first kappa shape index (κ1) is 10.8. The number of nitrogens with two attached hydrogens (primary N) is 1. The molecule has 0 bridgehead atoms. The highest BCUT2D eigenvalue weighted by molar-refractivity contribution is 4.58. The van der Waals surface area contributed by atoms with Crippen LogP contribution in [0.2, 0.25) is 0 Å². The van der Waals surface area contributed by atoms with Crippen molar-refractivity contribution in [1.29, 1.82) is 0 Å². The van der Waals surface area contributed by atoms with Crippen molar-refractivity contribution in [2.45, 2.75) is 19.3 Å². The monoisotopic (exact) mass is 162 g/mol. The van der Waals surface area contributed by atoms with Gasteiger partial charge in [-0.05, 0) is 13.0 Å². The Morgan fingerprint density at radius 1 is 1.36 bits per heavy atom. The van der Waals surface area contributed by atoms with Gasteiger partial charge in [-0.25, -0.2) is 0 Å². The third kappa shape index (κ3) is 4.31. The molecule has 0 aliphatic carbocycles. The van der Waals surface area contributed by atoms with Gasteiger partial charge in [-0.2, -0.15) is 0 Å².